The third-order valence-corrected chi connectivity index (χ3v) is 3.69. The summed E-state index contributed by atoms with van der Waals surface area (Å²) >= 11 is 7.50. The molecular formula is C14H17ClN2OS. The molecule has 3 nitrogen and oxygen atoms in total. The Balaban J connectivity index is 2.14. The number of hydrogen-bond acceptors (Lipinski definition) is 4. The first-order valence-corrected chi connectivity index (χ1v) is 7.44. The summed E-state index contributed by atoms with van der Waals surface area (Å²) in [5, 5.41) is 5.46. The number of halogens is 1. The van der Waals surface area contributed by atoms with E-state index in [0.29, 0.717) is 5.88 Å². The quantitative estimate of drug-likeness (QED) is 0.864. The van der Waals surface area contributed by atoms with Gasteiger partial charge in [0.25, 0.3) is 0 Å². The molecule has 0 amide bonds. The van der Waals surface area contributed by atoms with Gasteiger partial charge >= 0.3 is 0 Å². The fraction of sp³-hybridized carbons (Fsp3) is 0.357. The smallest absolute Gasteiger partial charge is 0.237 e. The maximum atomic E-state index is 5.96. The fourth-order valence-corrected chi connectivity index (χ4v) is 2.67. The lowest BCUT2D eigenvalue weighted by Gasteiger charge is -2.18. The molecule has 2 aromatic heterocycles. The van der Waals surface area contributed by atoms with Gasteiger partial charge in [-0.2, -0.15) is 0 Å². The van der Waals surface area contributed by atoms with Crippen molar-refractivity contribution in [2.45, 2.75) is 32.9 Å². The zero-order valence-electron chi connectivity index (χ0n) is 11.2. The molecule has 1 N–H and O–H groups in total. The maximum absolute atomic E-state index is 5.96. The number of nitrogens with one attached hydrogen (secondary N) is 1. The van der Waals surface area contributed by atoms with Gasteiger partial charge in [-0.15, -0.1) is 11.3 Å². The average molecular weight is 297 g/mol. The van der Waals surface area contributed by atoms with Crippen molar-refractivity contribution in [2.24, 2.45) is 0 Å². The summed E-state index contributed by atoms with van der Waals surface area (Å²) < 4.78 is 6.49. The zero-order valence-corrected chi connectivity index (χ0v) is 12.8. The summed E-state index contributed by atoms with van der Waals surface area (Å²) in [6.45, 7) is 6.06. The number of anilines is 1. The molecule has 0 saturated carbocycles. The molecule has 2 aromatic rings. The van der Waals surface area contributed by atoms with Gasteiger partial charge in [-0.1, -0.05) is 11.6 Å². The van der Waals surface area contributed by atoms with Gasteiger partial charge in [-0.05, 0) is 49.9 Å². The summed E-state index contributed by atoms with van der Waals surface area (Å²) in [5.74, 6) is 0.630. The number of aromatic nitrogens is 1. The van der Waals surface area contributed by atoms with Crippen LogP contribution in [0, 0.1) is 0 Å². The van der Waals surface area contributed by atoms with E-state index in [0.717, 1.165) is 15.6 Å². The highest BCUT2D eigenvalue weighted by atomic mass is 35.5. The van der Waals surface area contributed by atoms with Crippen LogP contribution in [-0.2, 0) is 0 Å². The molecule has 0 aliphatic heterocycles. The lowest BCUT2D eigenvalue weighted by Crippen LogP contribution is -2.11. The molecule has 0 aliphatic carbocycles. The molecule has 0 bridgehead atoms. The molecule has 0 aromatic carbocycles. The number of hydrogen-bond donors (Lipinski definition) is 1. The van der Waals surface area contributed by atoms with Crippen molar-refractivity contribution in [3.05, 3.63) is 39.7 Å². The first-order valence-electron chi connectivity index (χ1n) is 6.18. The van der Waals surface area contributed by atoms with E-state index in [2.05, 4.69) is 22.6 Å². The van der Waals surface area contributed by atoms with Gasteiger partial charge in [0.15, 0.2) is 0 Å². The van der Waals surface area contributed by atoms with Crippen molar-refractivity contribution in [2.75, 3.05) is 5.32 Å². The van der Waals surface area contributed by atoms with Crippen LogP contribution in [-0.4, -0.2) is 11.1 Å². The monoisotopic (exact) mass is 296 g/mol. The van der Waals surface area contributed by atoms with E-state index in [4.69, 9.17) is 16.3 Å². The zero-order chi connectivity index (χ0) is 13.8. The Hall–Kier alpha value is -1.26. The minimum Gasteiger partial charge on any atom is -0.473 e. The highest BCUT2D eigenvalue weighted by Crippen LogP contribution is 2.30. The van der Waals surface area contributed by atoms with Crippen molar-refractivity contribution < 1.29 is 4.74 Å². The first-order chi connectivity index (χ1) is 9.06. The third-order valence-electron chi connectivity index (χ3n) is 2.58. The lowest BCUT2D eigenvalue weighted by molar-refractivity contribution is 0.234. The van der Waals surface area contributed by atoms with Crippen molar-refractivity contribution >= 4 is 28.6 Å². The largest absolute Gasteiger partial charge is 0.473 e. The van der Waals surface area contributed by atoms with Crippen LogP contribution in [0.4, 0.5) is 5.69 Å². The summed E-state index contributed by atoms with van der Waals surface area (Å²) in [4.78, 5) is 4.26. The summed E-state index contributed by atoms with van der Waals surface area (Å²) in [6.07, 6.45) is 1.83. The standard InChI is InChI=1S/C14H17ClN2OS/c1-9(2)18-14-12(5-4-6-16-14)17-10(3)11-7-13(15)19-8-11/h4-10,17H,1-3H3. The van der Waals surface area contributed by atoms with E-state index in [9.17, 15) is 0 Å². The molecule has 102 valence electrons. The van der Waals surface area contributed by atoms with Gasteiger partial charge in [-0.3, -0.25) is 0 Å². The molecule has 0 saturated heterocycles. The second-order valence-corrected chi connectivity index (χ2v) is 6.12. The third kappa shape index (κ3) is 3.85. The van der Waals surface area contributed by atoms with Crippen LogP contribution >= 0.6 is 22.9 Å². The predicted molar refractivity (Wildman–Crippen MR) is 81.4 cm³/mol. The van der Waals surface area contributed by atoms with Crippen molar-refractivity contribution in [3.8, 4) is 5.88 Å². The molecule has 1 unspecified atom stereocenters. The Kier molecular flexibility index (Phi) is 4.66. The Morgan fingerprint density at radius 2 is 2.16 bits per heavy atom. The predicted octanol–water partition coefficient (Wildman–Crippen LogP) is 4.76. The molecule has 2 rings (SSSR count). The number of ether oxygens (including phenoxy) is 1. The van der Waals surface area contributed by atoms with E-state index in [1.807, 2.05) is 32.0 Å². The molecule has 5 heteroatoms. The summed E-state index contributed by atoms with van der Waals surface area (Å²) in [7, 11) is 0. The fourth-order valence-electron chi connectivity index (χ4n) is 1.68. The Labute approximate surface area is 122 Å². The van der Waals surface area contributed by atoms with Crippen molar-refractivity contribution in [1.82, 2.24) is 4.98 Å². The van der Waals surface area contributed by atoms with E-state index < -0.39 is 0 Å². The molecule has 0 aliphatic rings. The number of rotatable bonds is 5. The number of nitrogens with zero attached hydrogens (tertiary/aromatic N) is 1. The van der Waals surface area contributed by atoms with Crippen molar-refractivity contribution in [3.63, 3.8) is 0 Å². The summed E-state index contributed by atoms with van der Waals surface area (Å²) in [6, 6.07) is 5.99. The van der Waals surface area contributed by atoms with Crippen LogP contribution in [0.1, 0.15) is 32.4 Å². The number of thiophene rings is 1. The Bertz CT molecular complexity index is 542. The molecule has 19 heavy (non-hydrogen) atoms. The maximum Gasteiger partial charge on any atom is 0.237 e. The van der Waals surface area contributed by atoms with Gasteiger partial charge in [0, 0.05) is 12.2 Å². The van der Waals surface area contributed by atoms with Crippen LogP contribution in [0.25, 0.3) is 0 Å². The Morgan fingerprint density at radius 1 is 1.37 bits per heavy atom. The average Bonchev–Trinajstić information content (AvgIpc) is 2.78. The number of pyridine rings is 1. The van der Waals surface area contributed by atoms with Crippen LogP contribution < -0.4 is 10.1 Å². The molecular weight excluding hydrogens is 280 g/mol. The molecule has 0 radical (unpaired) electrons. The Morgan fingerprint density at radius 3 is 2.79 bits per heavy atom. The highest BCUT2D eigenvalue weighted by Gasteiger charge is 2.12. The molecule has 0 fully saturated rings. The van der Waals surface area contributed by atoms with Gasteiger partial charge in [0.2, 0.25) is 5.88 Å². The van der Waals surface area contributed by atoms with E-state index in [1.165, 1.54) is 11.3 Å². The molecule has 2 heterocycles. The normalized spacial score (nSPS) is 12.5. The van der Waals surface area contributed by atoms with Gasteiger partial charge in [0.05, 0.1) is 16.1 Å². The lowest BCUT2D eigenvalue weighted by atomic mass is 10.2. The van der Waals surface area contributed by atoms with E-state index in [-0.39, 0.29) is 12.1 Å². The van der Waals surface area contributed by atoms with Crippen LogP contribution in [0.15, 0.2) is 29.8 Å². The first kappa shape index (κ1) is 14.2. The highest BCUT2D eigenvalue weighted by molar-refractivity contribution is 7.14. The topological polar surface area (TPSA) is 34.1 Å². The van der Waals surface area contributed by atoms with Gasteiger partial charge < -0.3 is 10.1 Å². The minimum atomic E-state index is 0.0985. The van der Waals surface area contributed by atoms with Crippen LogP contribution in [0.3, 0.4) is 0 Å². The summed E-state index contributed by atoms with van der Waals surface area (Å²) in [5.41, 5.74) is 2.06. The van der Waals surface area contributed by atoms with Crippen LogP contribution in [0.2, 0.25) is 4.34 Å². The second-order valence-electron chi connectivity index (χ2n) is 4.57. The van der Waals surface area contributed by atoms with Crippen molar-refractivity contribution in [1.29, 1.82) is 0 Å². The van der Waals surface area contributed by atoms with E-state index >= 15 is 0 Å². The van der Waals surface area contributed by atoms with E-state index in [1.54, 1.807) is 6.20 Å². The van der Waals surface area contributed by atoms with Crippen LogP contribution in [0.5, 0.6) is 5.88 Å². The molecule has 0 spiro atoms. The van der Waals surface area contributed by atoms with Gasteiger partial charge in [0.1, 0.15) is 0 Å². The van der Waals surface area contributed by atoms with Gasteiger partial charge in [-0.25, -0.2) is 4.98 Å². The minimum absolute atomic E-state index is 0.0985. The second kappa shape index (κ2) is 6.26. The SMILES string of the molecule is CC(C)Oc1ncccc1NC(C)c1csc(Cl)c1. The molecule has 1 atom stereocenters.